The van der Waals surface area contributed by atoms with Gasteiger partial charge in [0.25, 0.3) is 0 Å². The number of rotatable bonds is 0. The predicted octanol–water partition coefficient (Wildman–Crippen LogP) is -2.66. The van der Waals surface area contributed by atoms with Gasteiger partial charge in [-0.2, -0.15) is 0 Å². The van der Waals surface area contributed by atoms with Crippen molar-refractivity contribution in [3.63, 3.8) is 0 Å². The molecule has 0 aromatic carbocycles. The van der Waals surface area contributed by atoms with Crippen molar-refractivity contribution in [3.05, 3.63) is 6.42 Å². The fraction of sp³-hybridized carbons (Fsp3) is 0.800. The van der Waals surface area contributed by atoms with E-state index in [9.17, 15) is 0 Å². The molecule has 0 amide bonds. The molecule has 0 aromatic heterocycles. The molecule has 0 spiro atoms. The number of epoxide rings is 1. The number of ether oxygens (including phenoxy) is 2. The maximum Gasteiger partial charge on any atom is 1.00 e. The molecule has 2 aliphatic rings. The molecule has 2 saturated heterocycles. The minimum atomic E-state index is 0. The SMILES string of the molecule is [CH-]1COC2OC2C1.[K+]. The zero-order chi connectivity index (χ0) is 4.69. The van der Waals surface area contributed by atoms with Crippen LogP contribution in [0.1, 0.15) is 6.42 Å². The zero-order valence-electron chi connectivity index (χ0n) is 4.96. The molecule has 2 unspecified atom stereocenters. The third kappa shape index (κ3) is 1.53. The van der Waals surface area contributed by atoms with Gasteiger partial charge in [-0.05, 0) is 0 Å². The van der Waals surface area contributed by atoms with Crippen molar-refractivity contribution in [2.24, 2.45) is 0 Å². The van der Waals surface area contributed by atoms with Gasteiger partial charge in [0, 0.05) is 0 Å². The quantitative estimate of drug-likeness (QED) is 0.207. The van der Waals surface area contributed by atoms with Crippen molar-refractivity contribution in [3.8, 4) is 0 Å². The summed E-state index contributed by atoms with van der Waals surface area (Å²) >= 11 is 0. The normalized spacial score (nSPS) is 42.0. The van der Waals surface area contributed by atoms with Gasteiger partial charge in [-0.25, -0.2) is 0 Å². The molecule has 2 aliphatic heterocycles. The minimum Gasteiger partial charge on any atom is -0.383 e. The molecular formula is C5H7KO2. The first-order valence-corrected chi connectivity index (χ1v) is 2.55. The van der Waals surface area contributed by atoms with Gasteiger partial charge < -0.3 is 15.9 Å². The molecule has 0 aliphatic carbocycles. The molecule has 0 N–H and O–H groups in total. The second-order valence-corrected chi connectivity index (χ2v) is 1.90. The van der Waals surface area contributed by atoms with E-state index in [4.69, 9.17) is 9.47 Å². The topological polar surface area (TPSA) is 21.8 Å². The van der Waals surface area contributed by atoms with E-state index in [1.54, 1.807) is 0 Å². The Balaban J connectivity index is 0.000000320. The zero-order valence-corrected chi connectivity index (χ0v) is 8.09. The van der Waals surface area contributed by atoms with Gasteiger partial charge in [-0.15, -0.1) is 6.42 Å². The van der Waals surface area contributed by atoms with Gasteiger partial charge in [0.15, 0.2) is 6.29 Å². The van der Waals surface area contributed by atoms with Crippen LogP contribution < -0.4 is 51.4 Å². The molecule has 2 fully saturated rings. The van der Waals surface area contributed by atoms with Crippen LogP contribution in [0.15, 0.2) is 0 Å². The molecule has 2 atom stereocenters. The molecule has 0 bridgehead atoms. The van der Waals surface area contributed by atoms with Crippen molar-refractivity contribution in [1.82, 2.24) is 0 Å². The Morgan fingerprint density at radius 2 is 2.38 bits per heavy atom. The standard InChI is InChI=1S/C5H7O2.K/c1-2-4-5(7-4)6-3-1;/h1,4-5H,2-3H2;/q-1;+1. The van der Waals surface area contributed by atoms with Gasteiger partial charge in [0.1, 0.15) is 0 Å². The minimum absolute atomic E-state index is 0. The van der Waals surface area contributed by atoms with Gasteiger partial charge in [0.2, 0.25) is 0 Å². The smallest absolute Gasteiger partial charge is 0.383 e. The number of fused-ring (bicyclic) bond motifs is 1. The summed E-state index contributed by atoms with van der Waals surface area (Å²) in [6, 6.07) is 0. The molecule has 40 valence electrons. The van der Waals surface area contributed by atoms with E-state index in [1.165, 1.54) is 0 Å². The van der Waals surface area contributed by atoms with Crippen LogP contribution in [0.3, 0.4) is 0 Å². The summed E-state index contributed by atoms with van der Waals surface area (Å²) in [5.74, 6) is 0. The van der Waals surface area contributed by atoms with Crippen LogP contribution in [0.25, 0.3) is 0 Å². The van der Waals surface area contributed by atoms with Crippen molar-refractivity contribution >= 4 is 0 Å². The van der Waals surface area contributed by atoms with Gasteiger partial charge in [-0.3, -0.25) is 0 Å². The van der Waals surface area contributed by atoms with Crippen LogP contribution in [0.2, 0.25) is 0 Å². The molecule has 2 heterocycles. The second-order valence-electron chi connectivity index (χ2n) is 1.90. The summed E-state index contributed by atoms with van der Waals surface area (Å²) < 4.78 is 10.1. The van der Waals surface area contributed by atoms with Crippen molar-refractivity contribution in [1.29, 1.82) is 0 Å². The van der Waals surface area contributed by atoms with Crippen LogP contribution in [-0.4, -0.2) is 19.0 Å². The van der Waals surface area contributed by atoms with Gasteiger partial charge in [0.05, 0.1) is 6.10 Å². The Bertz CT molecular complexity index is 76.5. The molecule has 0 aromatic rings. The maximum atomic E-state index is 5.07. The summed E-state index contributed by atoms with van der Waals surface area (Å²) in [5.41, 5.74) is 0. The molecule has 2 rings (SSSR count). The van der Waals surface area contributed by atoms with Crippen molar-refractivity contribution < 1.29 is 60.9 Å². The first-order valence-electron chi connectivity index (χ1n) is 2.55. The fourth-order valence-electron chi connectivity index (χ4n) is 0.835. The van der Waals surface area contributed by atoms with E-state index in [0.29, 0.717) is 6.10 Å². The molecular weight excluding hydrogens is 131 g/mol. The predicted molar refractivity (Wildman–Crippen MR) is 23.5 cm³/mol. The van der Waals surface area contributed by atoms with Crippen LogP contribution in [0, 0.1) is 6.42 Å². The number of hydrogen-bond donors (Lipinski definition) is 0. The van der Waals surface area contributed by atoms with Crippen LogP contribution >= 0.6 is 0 Å². The van der Waals surface area contributed by atoms with E-state index in [-0.39, 0.29) is 57.7 Å². The van der Waals surface area contributed by atoms with E-state index < -0.39 is 0 Å². The largest absolute Gasteiger partial charge is 1.00 e. The fourth-order valence-corrected chi connectivity index (χ4v) is 0.835. The first kappa shape index (κ1) is 7.66. The van der Waals surface area contributed by atoms with Gasteiger partial charge >= 0.3 is 51.4 Å². The Labute approximate surface area is 91.3 Å². The Morgan fingerprint density at radius 1 is 1.50 bits per heavy atom. The van der Waals surface area contributed by atoms with E-state index in [1.807, 2.05) is 0 Å². The van der Waals surface area contributed by atoms with E-state index >= 15 is 0 Å². The summed E-state index contributed by atoms with van der Waals surface area (Å²) in [7, 11) is 0. The van der Waals surface area contributed by atoms with Crippen molar-refractivity contribution in [2.45, 2.75) is 18.8 Å². The molecule has 3 heteroatoms. The molecule has 0 radical (unpaired) electrons. The van der Waals surface area contributed by atoms with Crippen molar-refractivity contribution in [2.75, 3.05) is 6.61 Å². The molecule has 0 saturated carbocycles. The Kier molecular flexibility index (Phi) is 2.97. The average molecular weight is 138 g/mol. The summed E-state index contributed by atoms with van der Waals surface area (Å²) in [6.07, 6.45) is 3.79. The first-order chi connectivity index (χ1) is 3.47. The van der Waals surface area contributed by atoms with E-state index in [2.05, 4.69) is 6.42 Å². The molecule has 2 nitrogen and oxygen atoms in total. The Morgan fingerprint density at radius 3 is 2.88 bits per heavy atom. The number of hydrogen-bond acceptors (Lipinski definition) is 2. The molecule has 8 heavy (non-hydrogen) atoms. The monoisotopic (exact) mass is 138 g/mol. The van der Waals surface area contributed by atoms with Crippen LogP contribution in [0.5, 0.6) is 0 Å². The van der Waals surface area contributed by atoms with Crippen LogP contribution in [0.4, 0.5) is 0 Å². The summed E-state index contributed by atoms with van der Waals surface area (Å²) in [4.78, 5) is 0. The Hall–Kier alpha value is 1.56. The third-order valence-electron chi connectivity index (χ3n) is 1.31. The van der Waals surface area contributed by atoms with Crippen LogP contribution in [-0.2, 0) is 9.47 Å². The average Bonchev–Trinajstić information content (AvgIpc) is 2.41. The summed E-state index contributed by atoms with van der Waals surface area (Å²) in [5, 5.41) is 0. The van der Waals surface area contributed by atoms with Gasteiger partial charge in [-0.1, -0.05) is 6.61 Å². The maximum absolute atomic E-state index is 5.07. The van der Waals surface area contributed by atoms with E-state index in [0.717, 1.165) is 13.0 Å². The summed E-state index contributed by atoms with van der Waals surface area (Å²) in [6.45, 7) is 0.779. The second kappa shape index (κ2) is 3.10. The third-order valence-corrected chi connectivity index (χ3v) is 1.31.